The lowest BCUT2D eigenvalue weighted by Gasteiger charge is -2.00. The van der Waals surface area contributed by atoms with Gasteiger partial charge in [-0.15, -0.1) is 11.8 Å². The van der Waals surface area contributed by atoms with Gasteiger partial charge in [-0.3, -0.25) is 0 Å². The molecule has 0 fully saturated rings. The second-order valence-electron chi connectivity index (χ2n) is 2.89. The van der Waals surface area contributed by atoms with Crippen LogP contribution in [-0.4, -0.2) is 10.5 Å². The number of phenolic OH excluding ortho intramolecular Hbond substituents is 1. The summed E-state index contributed by atoms with van der Waals surface area (Å²) in [7, 11) is 0. The van der Waals surface area contributed by atoms with Crippen molar-refractivity contribution in [2.75, 3.05) is 0 Å². The summed E-state index contributed by atoms with van der Waals surface area (Å²) in [6.45, 7) is 0. The summed E-state index contributed by atoms with van der Waals surface area (Å²) in [6.07, 6.45) is 0.725. The van der Waals surface area contributed by atoms with Crippen LogP contribution < -0.4 is 0 Å². The SMILES string of the molecule is [N-]=[N+]=NC1Cc2cc(Br)c(O)cc2S1. The molecule has 2 rings (SSSR count). The van der Waals surface area contributed by atoms with E-state index in [2.05, 4.69) is 26.0 Å². The molecule has 1 aromatic rings. The van der Waals surface area contributed by atoms with Gasteiger partial charge in [0.25, 0.3) is 0 Å². The van der Waals surface area contributed by atoms with Gasteiger partial charge in [0.15, 0.2) is 0 Å². The van der Waals surface area contributed by atoms with Crippen LogP contribution in [0.1, 0.15) is 5.56 Å². The minimum atomic E-state index is -0.0799. The van der Waals surface area contributed by atoms with Gasteiger partial charge in [0.2, 0.25) is 0 Å². The zero-order chi connectivity index (χ0) is 10.1. The molecule has 1 aliphatic rings. The smallest absolute Gasteiger partial charge is 0.130 e. The second kappa shape index (κ2) is 3.73. The number of azide groups is 1. The fourth-order valence-corrected chi connectivity index (χ4v) is 2.86. The summed E-state index contributed by atoms with van der Waals surface area (Å²) in [6, 6.07) is 3.56. The van der Waals surface area contributed by atoms with Gasteiger partial charge in [-0.25, -0.2) is 0 Å². The van der Waals surface area contributed by atoms with E-state index in [1.807, 2.05) is 6.07 Å². The predicted octanol–water partition coefficient (Wildman–Crippen LogP) is 3.44. The van der Waals surface area contributed by atoms with Crippen LogP contribution in [0.4, 0.5) is 0 Å². The van der Waals surface area contributed by atoms with E-state index < -0.39 is 0 Å². The Hall–Kier alpha value is -0.840. The summed E-state index contributed by atoms with van der Waals surface area (Å²) < 4.78 is 0.679. The number of nitrogens with zero attached hydrogens (tertiary/aromatic N) is 3. The Morgan fingerprint density at radius 1 is 1.64 bits per heavy atom. The number of rotatable bonds is 1. The first-order chi connectivity index (χ1) is 6.70. The Balaban J connectivity index is 2.35. The third-order valence-electron chi connectivity index (χ3n) is 1.97. The molecular weight excluding hydrogens is 266 g/mol. The highest BCUT2D eigenvalue weighted by Crippen LogP contribution is 2.42. The van der Waals surface area contributed by atoms with E-state index in [9.17, 15) is 5.11 Å². The molecule has 4 nitrogen and oxygen atoms in total. The fraction of sp³-hybridized carbons (Fsp3) is 0.250. The van der Waals surface area contributed by atoms with E-state index in [0.29, 0.717) is 4.47 Å². The van der Waals surface area contributed by atoms with Gasteiger partial charge in [-0.05, 0) is 45.6 Å². The molecule has 6 heteroatoms. The monoisotopic (exact) mass is 271 g/mol. The van der Waals surface area contributed by atoms with E-state index in [4.69, 9.17) is 5.53 Å². The first-order valence-electron chi connectivity index (χ1n) is 3.93. The highest BCUT2D eigenvalue weighted by Gasteiger charge is 2.22. The van der Waals surface area contributed by atoms with Gasteiger partial charge in [-0.2, -0.15) is 0 Å². The summed E-state index contributed by atoms with van der Waals surface area (Å²) >= 11 is 4.73. The molecule has 0 saturated carbocycles. The van der Waals surface area contributed by atoms with Crippen molar-refractivity contribution >= 4 is 27.7 Å². The van der Waals surface area contributed by atoms with Crippen molar-refractivity contribution in [1.82, 2.24) is 0 Å². The number of phenols is 1. The second-order valence-corrected chi connectivity index (χ2v) is 4.97. The number of hydrogen-bond donors (Lipinski definition) is 1. The van der Waals surface area contributed by atoms with Crippen molar-refractivity contribution < 1.29 is 5.11 Å². The van der Waals surface area contributed by atoms with E-state index in [-0.39, 0.29) is 11.1 Å². The Kier molecular flexibility index (Phi) is 2.58. The van der Waals surface area contributed by atoms with Crippen molar-refractivity contribution in [3.63, 3.8) is 0 Å². The fourth-order valence-electron chi connectivity index (χ4n) is 1.35. The van der Waals surface area contributed by atoms with Crippen LogP contribution in [0.25, 0.3) is 10.4 Å². The van der Waals surface area contributed by atoms with Crippen molar-refractivity contribution in [2.24, 2.45) is 5.11 Å². The lowest BCUT2D eigenvalue weighted by Crippen LogP contribution is -1.92. The molecule has 0 radical (unpaired) electrons. The van der Waals surface area contributed by atoms with Gasteiger partial charge in [0, 0.05) is 9.81 Å². The lowest BCUT2D eigenvalue weighted by atomic mass is 10.1. The number of thioether (sulfide) groups is 1. The zero-order valence-corrected chi connectivity index (χ0v) is 9.42. The Morgan fingerprint density at radius 2 is 2.43 bits per heavy atom. The van der Waals surface area contributed by atoms with Crippen molar-refractivity contribution in [3.05, 3.63) is 32.6 Å². The third kappa shape index (κ3) is 1.68. The minimum Gasteiger partial charge on any atom is -0.507 e. The van der Waals surface area contributed by atoms with Crippen LogP contribution in [-0.2, 0) is 6.42 Å². The van der Waals surface area contributed by atoms with Gasteiger partial charge >= 0.3 is 0 Å². The van der Waals surface area contributed by atoms with E-state index in [1.165, 1.54) is 11.8 Å². The van der Waals surface area contributed by atoms with Gasteiger partial charge in [0.05, 0.1) is 9.85 Å². The van der Waals surface area contributed by atoms with Gasteiger partial charge < -0.3 is 5.11 Å². The number of benzene rings is 1. The topological polar surface area (TPSA) is 69.0 Å². The minimum absolute atomic E-state index is 0.0799. The molecule has 0 amide bonds. The van der Waals surface area contributed by atoms with Crippen LogP contribution in [0.3, 0.4) is 0 Å². The average Bonchev–Trinajstić information content (AvgIpc) is 2.48. The highest BCUT2D eigenvalue weighted by atomic mass is 79.9. The zero-order valence-electron chi connectivity index (χ0n) is 7.01. The maximum Gasteiger partial charge on any atom is 0.130 e. The van der Waals surface area contributed by atoms with Crippen LogP contribution in [0.15, 0.2) is 26.6 Å². The van der Waals surface area contributed by atoms with E-state index >= 15 is 0 Å². The Morgan fingerprint density at radius 3 is 3.14 bits per heavy atom. The molecule has 1 aromatic carbocycles. The van der Waals surface area contributed by atoms with Crippen LogP contribution in [0.2, 0.25) is 0 Å². The molecule has 0 spiro atoms. The average molecular weight is 272 g/mol. The molecule has 0 aliphatic carbocycles. The molecule has 1 atom stereocenters. The lowest BCUT2D eigenvalue weighted by molar-refractivity contribution is 0.470. The molecule has 1 unspecified atom stereocenters. The van der Waals surface area contributed by atoms with Crippen LogP contribution in [0, 0.1) is 0 Å². The molecule has 0 aromatic heterocycles. The normalized spacial score (nSPS) is 18.8. The van der Waals surface area contributed by atoms with Crippen molar-refractivity contribution in [2.45, 2.75) is 16.7 Å². The van der Waals surface area contributed by atoms with E-state index in [1.54, 1.807) is 6.07 Å². The Labute approximate surface area is 93.1 Å². The van der Waals surface area contributed by atoms with Crippen LogP contribution >= 0.6 is 27.7 Å². The quantitative estimate of drug-likeness (QED) is 0.483. The third-order valence-corrected chi connectivity index (χ3v) is 3.77. The van der Waals surface area contributed by atoms with Gasteiger partial charge in [0.1, 0.15) is 5.75 Å². The molecule has 0 saturated heterocycles. The molecule has 1 N–H and O–H groups in total. The standard InChI is InChI=1S/C8H6BrN3OS/c9-5-1-4-2-8(11-12-10)14-7(4)3-6(5)13/h1,3,8,13H,2H2. The van der Waals surface area contributed by atoms with Gasteiger partial charge in [-0.1, -0.05) is 5.11 Å². The number of hydrogen-bond acceptors (Lipinski definition) is 3. The number of fused-ring (bicyclic) bond motifs is 1. The maximum atomic E-state index is 9.44. The largest absolute Gasteiger partial charge is 0.507 e. The highest BCUT2D eigenvalue weighted by molar-refractivity contribution is 9.10. The van der Waals surface area contributed by atoms with Crippen molar-refractivity contribution in [1.29, 1.82) is 0 Å². The summed E-state index contributed by atoms with van der Waals surface area (Å²) in [5, 5.41) is 13.0. The molecule has 1 aliphatic heterocycles. The number of aromatic hydroxyl groups is 1. The molecule has 14 heavy (non-hydrogen) atoms. The Bertz CT molecular complexity index is 400. The molecule has 1 heterocycles. The molecular formula is C8H6BrN3OS. The first-order valence-corrected chi connectivity index (χ1v) is 5.60. The maximum absolute atomic E-state index is 9.44. The number of halogens is 1. The molecule has 0 bridgehead atoms. The summed E-state index contributed by atoms with van der Waals surface area (Å²) in [5.41, 5.74) is 9.41. The van der Waals surface area contributed by atoms with E-state index in [0.717, 1.165) is 16.9 Å². The van der Waals surface area contributed by atoms with Crippen LogP contribution in [0.5, 0.6) is 5.75 Å². The molecule has 72 valence electrons. The summed E-state index contributed by atoms with van der Waals surface area (Å²) in [5.74, 6) is 0.220. The first kappa shape index (κ1) is 9.71. The predicted molar refractivity (Wildman–Crippen MR) is 58.3 cm³/mol. The van der Waals surface area contributed by atoms with Crippen molar-refractivity contribution in [3.8, 4) is 5.75 Å². The summed E-state index contributed by atoms with van der Waals surface area (Å²) in [4.78, 5) is 3.76.